The molecule has 0 aliphatic heterocycles. The summed E-state index contributed by atoms with van der Waals surface area (Å²) >= 11 is 0. The van der Waals surface area contributed by atoms with Crippen molar-refractivity contribution in [3.05, 3.63) is 70.8 Å². The number of benzene rings is 2. The van der Waals surface area contributed by atoms with Gasteiger partial charge in [-0.25, -0.2) is 0 Å². The minimum Gasteiger partial charge on any atom is -0.0683 e. The highest BCUT2D eigenvalue weighted by Gasteiger charge is 2.43. The largest absolute Gasteiger partial charge is 0.0683 e. The molecule has 0 unspecified atom stereocenters. The summed E-state index contributed by atoms with van der Waals surface area (Å²) in [6.07, 6.45) is 5.13. The fourth-order valence-corrected chi connectivity index (χ4v) is 3.92. The fraction of sp³-hybridized carbons (Fsp3) is 0.520. The first-order chi connectivity index (χ1) is 12.4. The van der Waals surface area contributed by atoms with Gasteiger partial charge in [-0.3, -0.25) is 0 Å². The van der Waals surface area contributed by atoms with Crippen molar-refractivity contribution >= 4 is 0 Å². The lowest BCUT2D eigenvalue weighted by Gasteiger charge is -2.26. The number of aryl methyl sites for hydroxylation is 2. The molecule has 2 aliphatic rings. The third-order valence-electron chi connectivity index (χ3n) is 4.71. The summed E-state index contributed by atoms with van der Waals surface area (Å²) in [5.74, 6) is 0. The van der Waals surface area contributed by atoms with Crippen LogP contribution in [-0.2, 0) is 18.3 Å². The Bertz CT molecular complexity index is 527. The van der Waals surface area contributed by atoms with Crippen LogP contribution in [0.3, 0.4) is 0 Å². The number of rotatable bonds is 0. The normalized spacial score (nSPS) is 14.1. The van der Waals surface area contributed by atoms with Crippen LogP contribution in [0.5, 0.6) is 0 Å². The Morgan fingerprint density at radius 1 is 0.520 bits per heavy atom. The monoisotopic (exact) mass is 340 g/mol. The van der Waals surface area contributed by atoms with Crippen LogP contribution in [0.4, 0.5) is 0 Å². The van der Waals surface area contributed by atoms with Gasteiger partial charge in [0.05, 0.1) is 0 Å². The Labute approximate surface area is 157 Å². The Balaban J connectivity index is 0.000000642. The molecule has 0 heteroatoms. The van der Waals surface area contributed by atoms with E-state index in [2.05, 4.69) is 48.5 Å². The molecule has 0 atom stereocenters. The zero-order valence-electron chi connectivity index (χ0n) is 17.9. The van der Waals surface area contributed by atoms with Crippen molar-refractivity contribution < 1.29 is 0 Å². The van der Waals surface area contributed by atoms with Gasteiger partial charge in [0.15, 0.2) is 0 Å². The maximum Gasteiger partial charge on any atom is 0.0214 e. The van der Waals surface area contributed by atoms with Gasteiger partial charge >= 0.3 is 0 Å². The van der Waals surface area contributed by atoms with Crippen molar-refractivity contribution in [2.24, 2.45) is 0 Å². The second-order valence-corrected chi connectivity index (χ2v) is 5.40. The van der Waals surface area contributed by atoms with E-state index in [0.29, 0.717) is 5.41 Å². The van der Waals surface area contributed by atoms with Crippen molar-refractivity contribution in [1.82, 2.24) is 0 Å². The Morgan fingerprint density at radius 2 is 0.840 bits per heavy atom. The molecule has 0 N–H and O–H groups in total. The van der Waals surface area contributed by atoms with Gasteiger partial charge in [0.25, 0.3) is 0 Å². The van der Waals surface area contributed by atoms with Gasteiger partial charge in [0.2, 0.25) is 0 Å². The first kappa shape index (κ1) is 23.4. The molecule has 4 rings (SSSR count). The van der Waals surface area contributed by atoms with E-state index in [0.717, 1.165) is 0 Å². The van der Waals surface area contributed by atoms with Gasteiger partial charge in [0.1, 0.15) is 0 Å². The Kier molecular flexibility index (Phi) is 12.0. The summed E-state index contributed by atoms with van der Waals surface area (Å²) < 4.78 is 0. The predicted molar refractivity (Wildman–Crippen MR) is 116 cm³/mol. The molecule has 0 bridgehead atoms. The molecular formula is C25H40. The first-order valence-electron chi connectivity index (χ1n) is 10.6. The van der Waals surface area contributed by atoms with Crippen molar-refractivity contribution in [1.29, 1.82) is 0 Å². The molecule has 0 amide bonds. The number of hydrogen-bond acceptors (Lipinski definition) is 0. The van der Waals surface area contributed by atoms with E-state index in [-0.39, 0.29) is 0 Å². The van der Waals surface area contributed by atoms with Gasteiger partial charge in [-0.15, -0.1) is 0 Å². The summed E-state index contributed by atoms with van der Waals surface area (Å²) in [7, 11) is 0. The van der Waals surface area contributed by atoms with Gasteiger partial charge in [-0.2, -0.15) is 0 Å². The topological polar surface area (TPSA) is 0 Å². The number of fused-ring (bicyclic) bond motifs is 4. The van der Waals surface area contributed by atoms with Crippen molar-refractivity contribution in [2.45, 2.75) is 86.5 Å². The van der Waals surface area contributed by atoms with E-state index >= 15 is 0 Å². The molecule has 25 heavy (non-hydrogen) atoms. The molecule has 0 saturated carbocycles. The van der Waals surface area contributed by atoms with E-state index in [1.165, 1.54) is 25.7 Å². The Hall–Kier alpha value is -1.56. The van der Waals surface area contributed by atoms with Crippen molar-refractivity contribution in [3.8, 4) is 0 Å². The highest BCUT2D eigenvalue weighted by Crippen LogP contribution is 2.51. The molecule has 0 heterocycles. The summed E-state index contributed by atoms with van der Waals surface area (Å²) in [4.78, 5) is 0. The van der Waals surface area contributed by atoms with E-state index in [4.69, 9.17) is 0 Å². The van der Waals surface area contributed by atoms with Crippen LogP contribution in [0.1, 0.15) is 90.5 Å². The lowest BCUT2D eigenvalue weighted by Crippen LogP contribution is -2.20. The van der Waals surface area contributed by atoms with E-state index < -0.39 is 0 Å². The van der Waals surface area contributed by atoms with Crippen LogP contribution in [0, 0.1) is 0 Å². The smallest absolute Gasteiger partial charge is 0.0214 e. The van der Waals surface area contributed by atoms with Crippen LogP contribution >= 0.6 is 0 Å². The molecule has 0 fully saturated rings. The maximum atomic E-state index is 2.35. The lowest BCUT2D eigenvalue weighted by molar-refractivity contribution is 0.507. The average molecular weight is 341 g/mol. The zero-order valence-corrected chi connectivity index (χ0v) is 17.9. The molecular weight excluding hydrogens is 300 g/mol. The summed E-state index contributed by atoms with van der Waals surface area (Å²) in [6.45, 7) is 16.0. The highest BCUT2D eigenvalue weighted by molar-refractivity contribution is 5.53. The second kappa shape index (κ2) is 12.8. The SMILES string of the molecule is CC.CC.CC.CC.c1ccc2c(c1)CCC21CCc2ccccc21. The maximum absolute atomic E-state index is 2.35. The molecule has 2 aromatic carbocycles. The average Bonchev–Trinajstić information content (AvgIpc) is 3.31. The zero-order chi connectivity index (χ0) is 19.3. The molecule has 2 aromatic rings. The minimum absolute atomic E-state index is 0.354. The highest BCUT2D eigenvalue weighted by atomic mass is 14.5. The van der Waals surface area contributed by atoms with Crippen LogP contribution in [-0.4, -0.2) is 0 Å². The summed E-state index contributed by atoms with van der Waals surface area (Å²) in [5, 5.41) is 0. The van der Waals surface area contributed by atoms with Gasteiger partial charge < -0.3 is 0 Å². The van der Waals surface area contributed by atoms with Crippen molar-refractivity contribution in [3.63, 3.8) is 0 Å². The second-order valence-electron chi connectivity index (χ2n) is 5.40. The summed E-state index contributed by atoms with van der Waals surface area (Å²) in [5.41, 5.74) is 6.70. The van der Waals surface area contributed by atoms with Gasteiger partial charge in [0, 0.05) is 5.41 Å². The van der Waals surface area contributed by atoms with Crippen molar-refractivity contribution in [2.75, 3.05) is 0 Å². The first-order valence-corrected chi connectivity index (χ1v) is 10.6. The predicted octanol–water partition coefficient (Wildman–Crippen LogP) is 7.97. The molecule has 1 spiro atoms. The van der Waals surface area contributed by atoms with Gasteiger partial charge in [-0.05, 0) is 47.9 Å². The van der Waals surface area contributed by atoms with Crippen LogP contribution in [0.2, 0.25) is 0 Å². The summed E-state index contributed by atoms with van der Waals surface area (Å²) in [6, 6.07) is 18.1. The molecule has 0 aromatic heterocycles. The standard InChI is InChI=1S/C17H16.4C2H6/c1-3-7-15-13(5-1)9-11-17(15)12-10-14-6-2-4-8-16(14)17;4*1-2/h1-8H,9-12H2;4*1-2H3. The third kappa shape index (κ3) is 4.75. The van der Waals surface area contributed by atoms with Crippen LogP contribution in [0.25, 0.3) is 0 Å². The van der Waals surface area contributed by atoms with E-state index in [1.54, 1.807) is 22.3 Å². The van der Waals surface area contributed by atoms with E-state index in [9.17, 15) is 0 Å². The molecule has 0 radical (unpaired) electrons. The van der Waals surface area contributed by atoms with Crippen LogP contribution in [0.15, 0.2) is 48.5 Å². The van der Waals surface area contributed by atoms with Gasteiger partial charge in [-0.1, -0.05) is 104 Å². The minimum atomic E-state index is 0.354. The molecule has 2 aliphatic carbocycles. The Morgan fingerprint density at radius 3 is 1.20 bits per heavy atom. The molecule has 140 valence electrons. The third-order valence-corrected chi connectivity index (χ3v) is 4.71. The number of hydrogen-bond donors (Lipinski definition) is 0. The van der Waals surface area contributed by atoms with Crippen LogP contribution < -0.4 is 0 Å². The molecule has 0 saturated heterocycles. The van der Waals surface area contributed by atoms with E-state index in [1.807, 2.05) is 55.4 Å². The molecule has 0 nitrogen and oxygen atoms in total. The quantitative estimate of drug-likeness (QED) is 0.456. The lowest BCUT2D eigenvalue weighted by atomic mass is 9.77. The fourth-order valence-electron chi connectivity index (χ4n) is 3.92.